The number of nitriles is 1. The van der Waals surface area contributed by atoms with Crippen molar-refractivity contribution >= 4 is 11.6 Å². The molecule has 2 aromatic rings. The third kappa shape index (κ3) is 2.67. The highest BCUT2D eigenvalue weighted by atomic mass is 35.5. The molecule has 4 nitrogen and oxygen atoms in total. The predicted octanol–water partition coefficient (Wildman–Crippen LogP) is 2.57. The Morgan fingerprint density at radius 3 is 2.79 bits per heavy atom. The van der Waals surface area contributed by atoms with Crippen LogP contribution in [0.1, 0.15) is 17.0 Å². The van der Waals surface area contributed by atoms with Gasteiger partial charge in [-0.3, -0.25) is 4.79 Å². The van der Waals surface area contributed by atoms with Crippen LogP contribution in [-0.4, -0.2) is 9.78 Å². The van der Waals surface area contributed by atoms with Gasteiger partial charge in [-0.25, -0.2) is 4.68 Å². The maximum atomic E-state index is 11.7. The summed E-state index contributed by atoms with van der Waals surface area (Å²) in [4.78, 5) is 11.7. The minimum absolute atomic E-state index is 0.00126. The van der Waals surface area contributed by atoms with Crippen LogP contribution in [0.15, 0.2) is 29.1 Å². The maximum absolute atomic E-state index is 11.7. The molecule has 0 aliphatic carbocycles. The molecule has 1 heterocycles. The van der Waals surface area contributed by atoms with Gasteiger partial charge in [0.25, 0.3) is 0 Å². The molecule has 0 N–H and O–H groups in total. The van der Waals surface area contributed by atoms with Crippen molar-refractivity contribution in [3.05, 3.63) is 56.5 Å². The van der Waals surface area contributed by atoms with E-state index in [1.54, 1.807) is 23.7 Å². The summed E-state index contributed by atoms with van der Waals surface area (Å²) in [5, 5.41) is 13.6. The van der Waals surface area contributed by atoms with Gasteiger partial charge in [0.05, 0.1) is 18.2 Å². The van der Waals surface area contributed by atoms with E-state index >= 15 is 0 Å². The van der Waals surface area contributed by atoms with E-state index in [0.717, 1.165) is 11.3 Å². The normalized spacial score (nSPS) is 10.2. The lowest BCUT2D eigenvalue weighted by Gasteiger charge is -2.13. The van der Waals surface area contributed by atoms with E-state index in [1.165, 1.54) is 6.07 Å². The zero-order valence-electron chi connectivity index (χ0n) is 10.6. The molecule has 0 atom stereocenters. The van der Waals surface area contributed by atoms with Crippen LogP contribution in [0.5, 0.6) is 0 Å². The Morgan fingerprint density at radius 1 is 1.37 bits per heavy atom. The molecule has 0 amide bonds. The first-order valence-corrected chi connectivity index (χ1v) is 6.14. The lowest BCUT2D eigenvalue weighted by molar-refractivity contribution is 0.763. The largest absolute Gasteiger partial charge is 0.288 e. The zero-order valence-corrected chi connectivity index (χ0v) is 11.4. The molecule has 0 saturated carbocycles. The fourth-order valence-corrected chi connectivity index (χ4v) is 2.00. The van der Waals surface area contributed by atoms with Crippen molar-refractivity contribution in [2.45, 2.75) is 20.3 Å². The second-order valence-corrected chi connectivity index (χ2v) is 4.71. The lowest BCUT2D eigenvalue weighted by atomic mass is 10.2. The molecule has 0 saturated heterocycles. The van der Waals surface area contributed by atoms with Crippen LogP contribution in [0.3, 0.4) is 0 Å². The average Bonchev–Trinajstić information content (AvgIpc) is 2.36. The summed E-state index contributed by atoms with van der Waals surface area (Å²) in [5.41, 5.74) is 2.54. The van der Waals surface area contributed by atoms with E-state index in [1.807, 2.05) is 19.1 Å². The molecule has 0 bridgehead atoms. The SMILES string of the molecule is Cc1ccc(Cl)cc1-n1nc(CC#N)c(=O)cc1C. The number of aryl methyl sites for hydroxylation is 2. The molecule has 19 heavy (non-hydrogen) atoms. The van der Waals surface area contributed by atoms with Crippen LogP contribution in [0, 0.1) is 25.2 Å². The first-order chi connectivity index (χ1) is 9.02. The van der Waals surface area contributed by atoms with Gasteiger partial charge in [0.2, 0.25) is 5.43 Å². The number of halogens is 1. The molecule has 2 rings (SSSR count). The van der Waals surface area contributed by atoms with Gasteiger partial charge in [-0.1, -0.05) is 17.7 Å². The number of nitrogens with zero attached hydrogens (tertiary/aromatic N) is 3. The van der Waals surface area contributed by atoms with Gasteiger partial charge >= 0.3 is 0 Å². The lowest BCUT2D eigenvalue weighted by Crippen LogP contribution is -2.19. The Kier molecular flexibility index (Phi) is 3.68. The summed E-state index contributed by atoms with van der Waals surface area (Å²) in [6.45, 7) is 3.74. The van der Waals surface area contributed by atoms with Gasteiger partial charge in [-0.05, 0) is 31.5 Å². The van der Waals surface area contributed by atoms with Gasteiger partial charge in [0.1, 0.15) is 5.69 Å². The van der Waals surface area contributed by atoms with E-state index in [0.29, 0.717) is 10.7 Å². The van der Waals surface area contributed by atoms with Gasteiger partial charge in [0, 0.05) is 16.8 Å². The molecule has 0 aliphatic heterocycles. The molecule has 0 fully saturated rings. The monoisotopic (exact) mass is 273 g/mol. The van der Waals surface area contributed by atoms with Crippen LogP contribution in [0.25, 0.3) is 5.69 Å². The van der Waals surface area contributed by atoms with Crippen molar-refractivity contribution < 1.29 is 0 Å². The minimum atomic E-state index is -0.213. The van der Waals surface area contributed by atoms with Crippen molar-refractivity contribution in [3.8, 4) is 11.8 Å². The molecule has 0 spiro atoms. The molecule has 96 valence electrons. The van der Waals surface area contributed by atoms with Crippen molar-refractivity contribution in [1.29, 1.82) is 5.26 Å². The van der Waals surface area contributed by atoms with Crippen LogP contribution >= 0.6 is 11.6 Å². The summed E-state index contributed by atoms with van der Waals surface area (Å²) in [7, 11) is 0. The first-order valence-electron chi connectivity index (χ1n) is 5.76. The van der Waals surface area contributed by atoms with Crippen LogP contribution < -0.4 is 5.43 Å². The Hall–Kier alpha value is -2.12. The highest BCUT2D eigenvalue weighted by Gasteiger charge is 2.09. The number of hydrogen-bond donors (Lipinski definition) is 0. The Balaban J connectivity index is 2.68. The maximum Gasteiger partial charge on any atom is 0.204 e. The smallest absolute Gasteiger partial charge is 0.204 e. The minimum Gasteiger partial charge on any atom is -0.288 e. The van der Waals surface area contributed by atoms with Gasteiger partial charge < -0.3 is 0 Å². The van der Waals surface area contributed by atoms with Crippen molar-refractivity contribution in [1.82, 2.24) is 9.78 Å². The molecule has 1 aromatic carbocycles. The molecule has 5 heteroatoms. The van der Waals surface area contributed by atoms with Crippen molar-refractivity contribution in [3.63, 3.8) is 0 Å². The number of aromatic nitrogens is 2. The predicted molar refractivity (Wildman–Crippen MR) is 73.6 cm³/mol. The summed E-state index contributed by atoms with van der Waals surface area (Å²) in [6.07, 6.45) is -0.00126. The third-order valence-electron chi connectivity index (χ3n) is 2.83. The topological polar surface area (TPSA) is 58.7 Å². The molecule has 0 unspecified atom stereocenters. The van der Waals surface area contributed by atoms with Crippen LogP contribution in [0.2, 0.25) is 5.02 Å². The number of rotatable bonds is 2. The first kappa shape index (κ1) is 13.3. The summed E-state index contributed by atoms with van der Waals surface area (Å²) < 4.78 is 1.65. The molecule has 0 aliphatic rings. The fraction of sp³-hybridized carbons (Fsp3) is 0.214. The van der Waals surface area contributed by atoms with Crippen LogP contribution in [-0.2, 0) is 6.42 Å². The van der Waals surface area contributed by atoms with E-state index in [2.05, 4.69) is 5.10 Å². The summed E-state index contributed by atoms with van der Waals surface area (Å²) >= 11 is 6.00. The van der Waals surface area contributed by atoms with E-state index in [-0.39, 0.29) is 17.5 Å². The summed E-state index contributed by atoms with van der Waals surface area (Å²) in [6, 6.07) is 8.91. The second kappa shape index (κ2) is 5.25. The number of benzene rings is 1. The van der Waals surface area contributed by atoms with Crippen molar-refractivity contribution in [2.24, 2.45) is 0 Å². The van der Waals surface area contributed by atoms with Crippen LogP contribution in [0.4, 0.5) is 0 Å². The Morgan fingerprint density at radius 2 is 2.11 bits per heavy atom. The van der Waals surface area contributed by atoms with E-state index in [9.17, 15) is 4.79 Å². The van der Waals surface area contributed by atoms with Crippen molar-refractivity contribution in [2.75, 3.05) is 0 Å². The van der Waals surface area contributed by atoms with Gasteiger partial charge in [-0.15, -0.1) is 0 Å². The Bertz CT molecular complexity index is 728. The highest BCUT2D eigenvalue weighted by Crippen LogP contribution is 2.19. The highest BCUT2D eigenvalue weighted by molar-refractivity contribution is 6.30. The van der Waals surface area contributed by atoms with E-state index in [4.69, 9.17) is 16.9 Å². The molecular formula is C14H12ClN3O. The van der Waals surface area contributed by atoms with Gasteiger partial charge in [-0.2, -0.15) is 10.4 Å². The third-order valence-corrected chi connectivity index (χ3v) is 3.06. The fourth-order valence-electron chi connectivity index (χ4n) is 1.83. The average molecular weight is 274 g/mol. The second-order valence-electron chi connectivity index (χ2n) is 4.27. The molecular weight excluding hydrogens is 262 g/mol. The molecule has 1 aromatic heterocycles. The van der Waals surface area contributed by atoms with E-state index < -0.39 is 0 Å². The quantitative estimate of drug-likeness (QED) is 0.845. The van der Waals surface area contributed by atoms with Gasteiger partial charge in [0.15, 0.2) is 0 Å². The number of hydrogen-bond acceptors (Lipinski definition) is 3. The zero-order chi connectivity index (χ0) is 14.0. The summed E-state index contributed by atoms with van der Waals surface area (Å²) in [5.74, 6) is 0. The standard InChI is InChI=1S/C14H12ClN3O/c1-9-3-4-11(15)8-13(9)18-10(2)7-14(19)12(17-18)5-6-16/h3-4,7-8H,5H2,1-2H3. The Labute approximate surface area is 115 Å². The molecule has 0 radical (unpaired) electrons.